The molecule has 4 heteroatoms. The highest BCUT2D eigenvalue weighted by molar-refractivity contribution is 5.84. The second-order valence-electron chi connectivity index (χ2n) is 2.96. The van der Waals surface area contributed by atoms with Gasteiger partial charge in [0.2, 0.25) is 0 Å². The van der Waals surface area contributed by atoms with Gasteiger partial charge in [-0.1, -0.05) is 5.18 Å². The molecule has 11 heavy (non-hydrogen) atoms. The lowest BCUT2D eigenvalue weighted by molar-refractivity contribution is 0.606. The maximum absolute atomic E-state index is 9.96. The van der Waals surface area contributed by atoms with Crippen molar-refractivity contribution in [3.63, 3.8) is 0 Å². The lowest BCUT2D eigenvalue weighted by Gasteiger charge is -2.12. The van der Waals surface area contributed by atoms with E-state index in [1.165, 1.54) is 0 Å². The third-order valence-corrected chi connectivity index (χ3v) is 1.60. The second kappa shape index (κ2) is 3.46. The van der Waals surface area contributed by atoms with E-state index < -0.39 is 0 Å². The summed E-state index contributed by atoms with van der Waals surface area (Å²) < 4.78 is 0. The molecule has 4 nitrogen and oxygen atoms in total. The smallest absolute Gasteiger partial charge is 0.138 e. The van der Waals surface area contributed by atoms with Crippen molar-refractivity contribution in [1.29, 1.82) is 0 Å². The zero-order valence-electron chi connectivity index (χ0n) is 6.95. The highest BCUT2D eigenvalue weighted by Gasteiger charge is 2.21. The summed E-state index contributed by atoms with van der Waals surface area (Å²) in [5.41, 5.74) is 0. The monoisotopic (exact) mass is 155 g/mol. The third kappa shape index (κ3) is 2.65. The van der Waals surface area contributed by atoms with Gasteiger partial charge in [-0.15, -0.1) is 0 Å². The molecule has 1 rings (SSSR count). The molecule has 0 N–H and O–H groups in total. The molecule has 1 fully saturated rings. The first-order valence-electron chi connectivity index (χ1n) is 3.77. The SMILES string of the molecule is CN(C)C(CN=O)=NC1CC1. The zero-order valence-corrected chi connectivity index (χ0v) is 6.95. The average molecular weight is 155 g/mol. The van der Waals surface area contributed by atoms with Crippen molar-refractivity contribution in [2.24, 2.45) is 10.2 Å². The maximum atomic E-state index is 9.96. The predicted molar refractivity (Wildman–Crippen MR) is 44.8 cm³/mol. The van der Waals surface area contributed by atoms with Crippen molar-refractivity contribution in [1.82, 2.24) is 4.90 Å². The minimum absolute atomic E-state index is 0.198. The topological polar surface area (TPSA) is 45.0 Å². The minimum atomic E-state index is 0.198. The first-order chi connectivity index (χ1) is 5.24. The lowest BCUT2D eigenvalue weighted by Crippen LogP contribution is -2.25. The van der Waals surface area contributed by atoms with Crippen LogP contribution in [0.15, 0.2) is 10.2 Å². The van der Waals surface area contributed by atoms with E-state index in [2.05, 4.69) is 10.2 Å². The molecule has 0 atom stereocenters. The fraction of sp³-hybridized carbons (Fsp3) is 0.857. The largest absolute Gasteiger partial charge is 0.365 e. The Balaban J connectivity index is 2.48. The molecule has 0 amide bonds. The summed E-state index contributed by atoms with van der Waals surface area (Å²) in [6.45, 7) is 0.198. The summed E-state index contributed by atoms with van der Waals surface area (Å²) >= 11 is 0. The van der Waals surface area contributed by atoms with Gasteiger partial charge in [0.25, 0.3) is 0 Å². The molecule has 0 radical (unpaired) electrons. The van der Waals surface area contributed by atoms with E-state index in [1.54, 1.807) is 0 Å². The highest BCUT2D eigenvalue weighted by Crippen LogP contribution is 2.23. The van der Waals surface area contributed by atoms with Crippen LogP contribution in [-0.4, -0.2) is 37.4 Å². The van der Waals surface area contributed by atoms with Gasteiger partial charge in [-0.2, -0.15) is 4.91 Å². The Morgan fingerprint density at radius 2 is 2.18 bits per heavy atom. The van der Waals surface area contributed by atoms with Gasteiger partial charge in [-0.25, -0.2) is 0 Å². The average Bonchev–Trinajstić information content (AvgIpc) is 2.70. The molecule has 62 valence electrons. The second-order valence-corrected chi connectivity index (χ2v) is 2.96. The zero-order chi connectivity index (χ0) is 8.27. The van der Waals surface area contributed by atoms with E-state index in [0.717, 1.165) is 18.7 Å². The molecular weight excluding hydrogens is 142 g/mol. The van der Waals surface area contributed by atoms with Gasteiger partial charge >= 0.3 is 0 Å². The van der Waals surface area contributed by atoms with Gasteiger partial charge in [-0.3, -0.25) is 4.99 Å². The van der Waals surface area contributed by atoms with Gasteiger partial charge in [0, 0.05) is 14.1 Å². The Morgan fingerprint density at radius 1 is 1.55 bits per heavy atom. The van der Waals surface area contributed by atoms with E-state index in [0.29, 0.717) is 6.04 Å². The number of likely N-dealkylation sites (N-methyl/N-ethyl adjacent to an activating group) is 1. The molecule has 0 unspecified atom stereocenters. The van der Waals surface area contributed by atoms with Crippen LogP contribution in [0.1, 0.15) is 12.8 Å². The lowest BCUT2D eigenvalue weighted by atomic mass is 10.5. The molecule has 0 aromatic heterocycles. The summed E-state index contributed by atoms with van der Waals surface area (Å²) in [5.74, 6) is 0.794. The van der Waals surface area contributed by atoms with Crippen molar-refractivity contribution in [2.45, 2.75) is 18.9 Å². The number of aliphatic imine (C=N–C) groups is 1. The quantitative estimate of drug-likeness (QED) is 0.345. The van der Waals surface area contributed by atoms with Crippen LogP contribution in [0.5, 0.6) is 0 Å². The minimum Gasteiger partial charge on any atom is -0.365 e. The first kappa shape index (κ1) is 8.17. The first-order valence-corrected chi connectivity index (χ1v) is 3.77. The predicted octanol–water partition coefficient (Wildman–Crippen LogP) is 0.875. The number of amidine groups is 1. The van der Waals surface area contributed by atoms with Crippen LogP contribution in [0.25, 0.3) is 0 Å². The summed E-state index contributed by atoms with van der Waals surface area (Å²) in [6, 6.07) is 0.467. The molecule has 1 aliphatic rings. The van der Waals surface area contributed by atoms with Crippen molar-refractivity contribution < 1.29 is 0 Å². The Morgan fingerprint density at radius 3 is 2.55 bits per heavy atom. The molecule has 0 aromatic rings. The van der Waals surface area contributed by atoms with Crippen molar-refractivity contribution in [3.05, 3.63) is 4.91 Å². The van der Waals surface area contributed by atoms with Gasteiger partial charge in [0.1, 0.15) is 12.4 Å². The van der Waals surface area contributed by atoms with E-state index in [9.17, 15) is 4.91 Å². The molecule has 1 aliphatic carbocycles. The number of hydrogen-bond donors (Lipinski definition) is 0. The van der Waals surface area contributed by atoms with Crippen LogP contribution in [0.3, 0.4) is 0 Å². The Labute approximate surface area is 66.3 Å². The molecule has 1 saturated carbocycles. The highest BCUT2D eigenvalue weighted by atomic mass is 16.3. The van der Waals surface area contributed by atoms with Crippen LogP contribution in [0, 0.1) is 4.91 Å². The Kier molecular flexibility index (Phi) is 2.57. The van der Waals surface area contributed by atoms with Gasteiger partial charge in [0.05, 0.1) is 6.04 Å². The molecule has 0 heterocycles. The fourth-order valence-electron chi connectivity index (χ4n) is 0.770. The van der Waals surface area contributed by atoms with Crippen LogP contribution < -0.4 is 0 Å². The summed E-state index contributed by atoms with van der Waals surface area (Å²) in [6.07, 6.45) is 2.33. The van der Waals surface area contributed by atoms with E-state index >= 15 is 0 Å². The van der Waals surface area contributed by atoms with Crippen LogP contribution in [-0.2, 0) is 0 Å². The Hall–Kier alpha value is -0.930. The maximum Gasteiger partial charge on any atom is 0.138 e. The molecule has 0 aliphatic heterocycles. The number of hydrogen-bond acceptors (Lipinski definition) is 3. The summed E-state index contributed by atoms with van der Waals surface area (Å²) in [5, 5.41) is 2.82. The van der Waals surface area contributed by atoms with E-state index in [-0.39, 0.29) is 6.54 Å². The van der Waals surface area contributed by atoms with Crippen LogP contribution >= 0.6 is 0 Å². The van der Waals surface area contributed by atoms with Crippen LogP contribution in [0.2, 0.25) is 0 Å². The summed E-state index contributed by atoms with van der Waals surface area (Å²) in [4.78, 5) is 16.1. The van der Waals surface area contributed by atoms with Gasteiger partial charge in [0.15, 0.2) is 0 Å². The van der Waals surface area contributed by atoms with Gasteiger partial charge in [-0.05, 0) is 12.8 Å². The molecule has 0 saturated heterocycles. The van der Waals surface area contributed by atoms with Crippen molar-refractivity contribution in [3.8, 4) is 0 Å². The Bertz CT molecular complexity index is 173. The normalized spacial score (nSPS) is 18.2. The molecule has 0 aromatic carbocycles. The standard InChI is InChI=1S/C7H13N3O/c1-10(2)7(5-8-11)9-6-3-4-6/h6H,3-5H2,1-2H3. The van der Waals surface area contributed by atoms with Crippen molar-refractivity contribution >= 4 is 5.84 Å². The summed E-state index contributed by atoms with van der Waals surface area (Å²) in [7, 11) is 3.76. The molecule has 0 bridgehead atoms. The van der Waals surface area contributed by atoms with Gasteiger partial charge < -0.3 is 4.90 Å². The number of rotatable bonds is 3. The molecular formula is C7H13N3O. The molecule has 0 spiro atoms. The van der Waals surface area contributed by atoms with Crippen molar-refractivity contribution in [2.75, 3.05) is 20.6 Å². The van der Waals surface area contributed by atoms with Crippen LogP contribution in [0.4, 0.5) is 0 Å². The number of nitroso groups, excluding NO2 is 1. The van der Waals surface area contributed by atoms with E-state index in [1.807, 2.05) is 19.0 Å². The fourth-order valence-corrected chi connectivity index (χ4v) is 0.770. The third-order valence-electron chi connectivity index (χ3n) is 1.60. The van der Waals surface area contributed by atoms with E-state index in [4.69, 9.17) is 0 Å². The number of nitrogens with zero attached hydrogens (tertiary/aromatic N) is 3.